The molecular formula is C13H14ClN3O. The van der Waals surface area contributed by atoms with Crippen molar-refractivity contribution in [1.29, 1.82) is 0 Å². The molecule has 4 nitrogen and oxygen atoms in total. The number of carbonyl (C=O) groups excluding carboxylic acids is 1. The molecule has 0 spiro atoms. The zero-order chi connectivity index (χ0) is 13.1. The number of halogens is 1. The lowest BCUT2D eigenvalue weighted by molar-refractivity contribution is 0.101. The zero-order valence-electron chi connectivity index (χ0n) is 10.3. The van der Waals surface area contributed by atoms with Crippen LogP contribution in [0.3, 0.4) is 0 Å². The number of nitrogens with zero attached hydrogens (tertiary/aromatic N) is 2. The van der Waals surface area contributed by atoms with Crippen LogP contribution in [-0.2, 0) is 13.6 Å². The van der Waals surface area contributed by atoms with Gasteiger partial charge in [-0.2, -0.15) is 0 Å². The molecule has 2 aromatic rings. The number of imidazole rings is 1. The van der Waals surface area contributed by atoms with E-state index in [9.17, 15) is 4.79 Å². The van der Waals surface area contributed by atoms with E-state index in [0.717, 1.165) is 11.5 Å². The average molecular weight is 264 g/mol. The highest BCUT2D eigenvalue weighted by Crippen LogP contribution is 2.14. The highest BCUT2D eigenvalue weighted by atomic mass is 35.5. The Hall–Kier alpha value is -1.81. The summed E-state index contributed by atoms with van der Waals surface area (Å²) in [5.74, 6) is 0.895. The molecule has 0 aliphatic carbocycles. The van der Waals surface area contributed by atoms with E-state index in [1.807, 2.05) is 29.8 Å². The molecule has 0 radical (unpaired) electrons. The second-order valence-corrected chi connectivity index (χ2v) is 4.43. The normalized spacial score (nSPS) is 10.4. The molecule has 1 aromatic carbocycles. The average Bonchev–Trinajstić information content (AvgIpc) is 2.68. The van der Waals surface area contributed by atoms with Gasteiger partial charge in [0, 0.05) is 18.3 Å². The first kappa shape index (κ1) is 12.6. The van der Waals surface area contributed by atoms with Crippen LogP contribution in [0.1, 0.15) is 23.1 Å². The molecule has 0 saturated heterocycles. The maximum absolute atomic E-state index is 11.3. The fraction of sp³-hybridized carbons (Fsp3) is 0.231. The number of anilines is 1. The highest BCUT2D eigenvalue weighted by Gasteiger charge is 2.05. The molecule has 0 unspecified atom stereocenters. The van der Waals surface area contributed by atoms with Gasteiger partial charge in [0.15, 0.2) is 5.78 Å². The molecule has 0 fully saturated rings. The molecule has 18 heavy (non-hydrogen) atoms. The van der Waals surface area contributed by atoms with Crippen LogP contribution in [0.4, 0.5) is 5.69 Å². The van der Waals surface area contributed by atoms with Crippen LogP contribution >= 0.6 is 11.6 Å². The van der Waals surface area contributed by atoms with Crippen molar-refractivity contribution in [2.45, 2.75) is 13.5 Å². The standard InChI is InChI=1S/C13H14ClN3O/c1-9(18)10-4-3-5-11(6-10)15-8-13-16-7-12(14)17(13)2/h3-7,15H,8H2,1-2H3. The van der Waals surface area contributed by atoms with Crippen molar-refractivity contribution in [3.63, 3.8) is 0 Å². The van der Waals surface area contributed by atoms with E-state index < -0.39 is 0 Å². The first-order valence-corrected chi connectivity index (χ1v) is 5.96. The minimum atomic E-state index is 0.0543. The van der Waals surface area contributed by atoms with Gasteiger partial charge in [0.1, 0.15) is 11.0 Å². The molecule has 0 atom stereocenters. The van der Waals surface area contributed by atoms with E-state index in [4.69, 9.17) is 11.6 Å². The number of benzene rings is 1. The lowest BCUT2D eigenvalue weighted by atomic mass is 10.1. The summed E-state index contributed by atoms with van der Waals surface area (Å²) in [4.78, 5) is 15.5. The Labute approximate surface area is 111 Å². The predicted octanol–water partition coefficient (Wildman–Crippen LogP) is 2.89. The van der Waals surface area contributed by atoms with E-state index in [1.165, 1.54) is 0 Å². The molecule has 1 N–H and O–H groups in total. The molecule has 2 rings (SSSR count). The fourth-order valence-corrected chi connectivity index (χ4v) is 1.76. The van der Waals surface area contributed by atoms with Crippen molar-refractivity contribution in [1.82, 2.24) is 9.55 Å². The lowest BCUT2D eigenvalue weighted by Gasteiger charge is -2.07. The Morgan fingerprint density at radius 1 is 1.50 bits per heavy atom. The Bertz CT molecular complexity index is 577. The molecule has 0 amide bonds. The first-order chi connectivity index (χ1) is 8.58. The van der Waals surface area contributed by atoms with Gasteiger partial charge in [-0.1, -0.05) is 23.7 Å². The quantitative estimate of drug-likeness (QED) is 0.863. The second kappa shape index (κ2) is 5.23. The fourth-order valence-electron chi connectivity index (χ4n) is 1.62. The van der Waals surface area contributed by atoms with Crippen molar-refractivity contribution >= 4 is 23.1 Å². The topological polar surface area (TPSA) is 46.9 Å². The smallest absolute Gasteiger partial charge is 0.159 e. The van der Waals surface area contributed by atoms with Crippen LogP contribution in [0, 0.1) is 0 Å². The number of ketones is 1. The van der Waals surface area contributed by atoms with Gasteiger partial charge in [0.25, 0.3) is 0 Å². The van der Waals surface area contributed by atoms with Gasteiger partial charge in [0.05, 0.1) is 12.7 Å². The first-order valence-electron chi connectivity index (χ1n) is 5.59. The van der Waals surface area contributed by atoms with Crippen LogP contribution in [-0.4, -0.2) is 15.3 Å². The molecule has 1 aromatic heterocycles. The summed E-state index contributed by atoms with van der Waals surface area (Å²) in [6, 6.07) is 7.39. The van der Waals surface area contributed by atoms with Gasteiger partial charge in [-0.15, -0.1) is 0 Å². The third-order valence-corrected chi connectivity index (χ3v) is 3.10. The molecular weight excluding hydrogens is 250 g/mol. The van der Waals surface area contributed by atoms with Gasteiger partial charge in [0.2, 0.25) is 0 Å². The summed E-state index contributed by atoms with van der Waals surface area (Å²) < 4.78 is 1.81. The van der Waals surface area contributed by atoms with Gasteiger partial charge in [-0.3, -0.25) is 4.79 Å². The number of rotatable bonds is 4. The van der Waals surface area contributed by atoms with Crippen LogP contribution < -0.4 is 5.32 Å². The Morgan fingerprint density at radius 2 is 2.28 bits per heavy atom. The Balaban J connectivity index is 2.08. The van der Waals surface area contributed by atoms with Crippen LogP contribution in [0.5, 0.6) is 0 Å². The molecule has 1 heterocycles. The highest BCUT2D eigenvalue weighted by molar-refractivity contribution is 6.29. The van der Waals surface area contributed by atoms with Crippen molar-refractivity contribution in [3.05, 3.63) is 47.0 Å². The molecule has 94 valence electrons. The third-order valence-electron chi connectivity index (χ3n) is 2.75. The van der Waals surface area contributed by atoms with Gasteiger partial charge in [-0.25, -0.2) is 4.98 Å². The van der Waals surface area contributed by atoms with Crippen LogP contribution in [0.15, 0.2) is 30.5 Å². The predicted molar refractivity (Wildman–Crippen MR) is 72.0 cm³/mol. The zero-order valence-corrected chi connectivity index (χ0v) is 11.0. The summed E-state index contributed by atoms with van der Waals surface area (Å²) in [5.41, 5.74) is 1.58. The summed E-state index contributed by atoms with van der Waals surface area (Å²) in [6.45, 7) is 2.11. The maximum atomic E-state index is 11.3. The minimum Gasteiger partial charge on any atom is -0.378 e. The number of aromatic nitrogens is 2. The van der Waals surface area contributed by atoms with Crippen molar-refractivity contribution in [2.75, 3.05) is 5.32 Å². The maximum Gasteiger partial charge on any atom is 0.159 e. The largest absolute Gasteiger partial charge is 0.378 e. The van der Waals surface area contributed by atoms with Crippen molar-refractivity contribution < 1.29 is 4.79 Å². The molecule has 5 heteroatoms. The summed E-state index contributed by atoms with van der Waals surface area (Å²) in [6.07, 6.45) is 1.62. The molecule has 0 bridgehead atoms. The second-order valence-electron chi connectivity index (χ2n) is 4.05. The van der Waals surface area contributed by atoms with E-state index in [1.54, 1.807) is 19.2 Å². The summed E-state index contributed by atoms with van der Waals surface area (Å²) in [7, 11) is 1.86. The van der Waals surface area contributed by atoms with Crippen LogP contribution in [0.2, 0.25) is 5.15 Å². The third kappa shape index (κ3) is 2.71. The van der Waals surface area contributed by atoms with E-state index in [-0.39, 0.29) is 5.78 Å². The Morgan fingerprint density at radius 3 is 2.89 bits per heavy atom. The molecule has 0 aliphatic heterocycles. The van der Waals surface area contributed by atoms with E-state index in [0.29, 0.717) is 17.3 Å². The Kier molecular flexibility index (Phi) is 3.67. The number of nitrogens with one attached hydrogen (secondary N) is 1. The molecule has 0 aliphatic rings. The summed E-state index contributed by atoms with van der Waals surface area (Å²) in [5, 5.41) is 3.82. The summed E-state index contributed by atoms with van der Waals surface area (Å²) >= 11 is 5.91. The number of carbonyl (C=O) groups is 1. The van der Waals surface area contributed by atoms with E-state index >= 15 is 0 Å². The molecule has 0 saturated carbocycles. The monoisotopic (exact) mass is 263 g/mol. The van der Waals surface area contributed by atoms with Gasteiger partial charge >= 0.3 is 0 Å². The van der Waals surface area contributed by atoms with Crippen molar-refractivity contribution in [3.8, 4) is 0 Å². The minimum absolute atomic E-state index is 0.0543. The van der Waals surface area contributed by atoms with Gasteiger partial charge < -0.3 is 9.88 Å². The number of hydrogen-bond acceptors (Lipinski definition) is 3. The SMILES string of the molecule is CC(=O)c1cccc(NCc2ncc(Cl)n2C)c1. The number of hydrogen-bond donors (Lipinski definition) is 1. The van der Waals surface area contributed by atoms with E-state index in [2.05, 4.69) is 10.3 Å². The lowest BCUT2D eigenvalue weighted by Crippen LogP contribution is -2.06. The number of Topliss-reactive ketones (excluding diaryl/α,β-unsaturated/α-hetero) is 1. The van der Waals surface area contributed by atoms with Crippen LogP contribution in [0.25, 0.3) is 0 Å². The van der Waals surface area contributed by atoms with Gasteiger partial charge in [-0.05, 0) is 19.1 Å². The van der Waals surface area contributed by atoms with Crippen molar-refractivity contribution in [2.24, 2.45) is 7.05 Å².